The monoisotopic (exact) mass is 271 g/mol. The summed E-state index contributed by atoms with van der Waals surface area (Å²) in [6.45, 7) is 0. The van der Waals surface area contributed by atoms with E-state index in [1.165, 1.54) is 11.3 Å². The lowest BCUT2D eigenvalue weighted by Gasteiger charge is -1.92. The summed E-state index contributed by atoms with van der Waals surface area (Å²) in [6, 6.07) is 7.88. The van der Waals surface area contributed by atoms with E-state index in [9.17, 15) is 0 Å². The van der Waals surface area contributed by atoms with E-state index in [1.54, 1.807) is 0 Å². The molecule has 0 fully saturated rings. The van der Waals surface area contributed by atoms with Crippen LogP contribution in [-0.2, 0) is 0 Å². The van der Waals surface area contributed by atoms with Gasteiger partial charge in [0.05, 0.1) is 5.02 Å². The molecule has 4 heteroatoms. The third-order valence-electron chi connectivity index (χ3n) is 1.71. The molecule has 0 atom stereocenters. The lowest BCUT2D eigenvalue weighted by molar-refractivity contribution is 1.52. The highest BCUT2D eigenvalue weighted by Crippen LogP contribution is 2.38. The normalized spacial score (nSPS) is 10.2. The Kier molecular flexibility index (Phi) is 2.29. The molecule has 1 nitrogen and oxygen atoms in total. The van der Waals surface area contributed by atoms with Crippen LogP contribution in [0.1, 0.15) is 4.88 Å². The Morgan fingerprint density at radius 3 is 2.85 bits per heavy atom. The highest BCUT2D eigenvalue weighted by Gasteiger charge is 2.11. The molecule has 0 unspecified atom stereocenters. The number of hydrogen-bond donors (Lipinski definition) is 0. The van der Waals surface area contributed by atoms with Crippen molar-refractivity contribution in [2.75, 3.05) is 0 Å². The fourth-order valence-electron chi connectivity index (χ4n) is 1.14. The van der Waals surface area contributed by atoms with Gasteiger partial charge in [0.2, 0.25) is 0 Å². The molecule has 0 N–H and O–H groups in total. The molecule has 1 heterocycles. The Hall–Kier alpha value is -0.560. The number of hydrogen-bond acceptors (Lipinski definition) is 2. The Morgan fingerprint density at radius 2 is 2.23 bits per heavy atom. The maximum atomic E-state index is 8.77. The number of nitriles is 1. The second-order valence-corrected chi connectivity index (χ2v) is 4.75. The molecule has 2 rings (SSSR count). The molecule has 0 saturated carbocycles. The fourth-order valence-corrected chi connectivity index (χ4v) is 3.29. The van der Waals surface area contributed by atoms with Crippen molar-refractivity contribution in [1.29, 1.82) is 5.26 Å². The average Bonchev–Trinajstić information content (AvgIpc) is 2.44. The smallest absolute Gasteiger partial charge is 0.124 e. The van der Waals surface area contributed by atoms with Crippen molar-refractivity contribution in [2.24, 2.45) is 0 Å². The van der Waals surface area contributed by atoms with Gasteiger partial charge in [0.15, 0.2) is 0 Å². The molecular formula is C9H3BrClNS. The number of benzene rings is 1. The first-order valence-corrected chi connectivity index (χ1v) is 5.49. The van der Waals surface area contributed by atoms with Gasteiger partial charge in [0.25, 0.3) is 0 Å². The van der Waals surface area contributed by atoms with Gasteiger partial charge in [-0.1, -0.05) is 33.6 Å². The van der Waals surface area contributed by atoms with Crippen molar-refractivity contribution in [1.82, 2.24) is 0 Å². The van der Waals surface area contributed by atoms with Crippen molar-refractivity contribution >= 4 is 49.0 Å². The zero-order valence-electron chi connectivity index (χ0n) is 6.34. The first kappa shape index (κ1) is 9.01. The minimum absolute atomic E-state index is 0.551. The summed E-state index contributed by atoms with van der Waals surface area (Å²) >= 11 is 10.8. The molecule has 64 valence electrons. The maximum absolute atomic E-state index is 8.77. The second-order valence-electron chi connectivity index (χ2n) is 2.47. The number of rotatable bonds is 0. The minimum Gasteiger partial charge on any atom is -0.191 e. The zero-order valence-corrected chi connectivity index (χ0v) is 9.50. The summed E-state index contributed by atoms with van der Waals surface area (Å²) in [5.41, 5.74) is 0. The van der Waals surface area contributed by atoms with Crippen LogP contribution in [0.15, 0.2) is 22.7 Å². The van der Waals surface area contributed by atoms with Crippen LogP contribution in [0.3, 0.4) is 0 Å². The van der Waals surface area contributed by atoms with Crippen LogP contribution in [0.4, 0.5) is 0 Å². The Morgan fingerprint density at radius 1 is 1.46 bits per heavy atom. The Balaban J connectivity index is 2.95. The second kappa shape index (κ2) is 3.30. The third-order valence-corrected chi connectivity index (χ3v) is 3.92. The van der Waals surface area contributed by atoms with Gasteiger partial charge < -0.3 is 0 Å². The maximum Gasteiger partial charge on any atom is 0.124 e. The first-order chi connectivity index (χ1) is 6.24. The summed E-state index contributed by atoms with van der Waals surface area (Å²) < 4.78 is 1.98. The summed E-state index contributed by atoms with van der Waals surface area (Å²) in [5.74, 6) is 0. The van der Waals surface area contributed by atoms with Crippen LogP contribution in [0.5, 0.6) is 0 Å². The molecule has 1 aromatic heterocycles. The predicted molar refractivity (Wildman–Crippen MR) is 59.3 cm³/mol. The predicted octanol–water partition coefficient (Wildman–Crippen LogP) is 4.19. The van der Waals surface area contributed by atoms with Crippen molar-refractivity contribution in [3.8, 4) is 6.07 Å². The summed E-state index contributed by atoms with van der Waals surface area (Å²) in [5, 5.41) is 10.3. The third kappa shape index (κ3) is 1.35. The van der Waals surface area contributed by atoms with Crippen LogP contribution < -0.4 is 0 Å². The van der Waals surface area contributed by atoms with E-state index >= 15 is 0 Å². The molecule has 0 aliphatic rings. The van der Waals surface area contributed by atoms with Crippen LogP contribution in [0, 0.1) is 11.3 Å². The van der Waals surface area contributed by atoms with Gasteiger partial charge in [-0.2, -0.15) is 5.26 Å². The summed E-state index contributed by atoms with van der Waals surface area (Å²) in [6.07, 6.45) is 0. The Bertz CT molecular complexity index is 512. The minimum atomic E-state index is 0.551. The van der Waals surface area contributed by atoms with Crippen molar-refractivity contribution in [2.45, 2.75) is 0 Å². The largest absolute Gasteiger partial charge is 0.191 e. The van der Waals surface area contributed by atoms with Gasteiger partial charge >= 0.3 is 0 Å². The molecule has 0 amide bonds. The topological polar surface area (TPSA) is 23.8 Å². The van der Waals surface area contributed by atoms with E-state index in [0.29, 0.717) is 9.90 Å². The van der Waals surface area contributed by atoms with Gasteiger partial charge in [-0.25, -0.2) is 0 Å². The van der Waals surface area contributed by atoms with Crippen LogP contribution in [0.25, 0.3) is 10.1 Å². The van der Waals surface area contributed by atoms with E-state index in [0.717, 1.165) is 14.6 Å². The number of halogens is 2. The number of thiophene rings is 1. The van der Waals surface area contributed by atoms with Crippen molar-refractivity contribution in [3.63, 3.8) is 0 Å². The highest BCUT2D eigenvalue weighted by atomic mass is 79.9. The first-order valence-electron chi connectivity index (χ1n) is 3.50. The SMILES string of the molecule is N#Cc1sc2cccc(Br)c2c1Cl. The van der Waals surface area contributed by atoms with Gasteiger partial charge in [-0.05, 0) is 12.1 Å². The number of nitrogens with zero attached hydrogens (tertiary/aromatic N) is 1. The Labute approximate surface area is 92.7 Å². The van der Waals surface area contributed by atoms with Crippen LogP contribution >= 0.6 is 38.9 Å². The van der Waals surface area contributed by atoms with Gasteiger partial charge in [-0.3, -0.25) is 0 Å². The van der Waals surface area contributed by atoms with E-state index < -0.39 is 0 Å². The van der Waals surface area contributed by atoms with Gasteiger partial charge in [0.1, 0.15) is 10.9 Å². The van der Waals surface area contributed by atoms with E-state index in [-0.39, 0.29) is 0 Å². The van der Waals surface area contributed by atoms with E-state index in [2.05, 4.69) is 22.0 Å². The van der Waals surface area contributed by atoms with Crippen LogP contribution in [0.2, 0.25) is 5.02 Å². The molecular weight excluding hydrogens is 270 g/mol. The van der Waals surface area contributed by atoms with Crippen molar-refractivity contribution < 1.29 is 0 Å². The molecule has 0 saturated heterocycles. The average molecular weight is 273 g/mol. The van der Waals surface area contributed by atoms with E-state index in [1.807, 2.05) is 18.2 Å². The van der Waals surface area contributed by atoms with Crippen LogP contribution in [-0.4, -0.2) is 0 Å². The molecule has 0 bridgehead atoms. The standard InChI is InChI=1S/C9H3BrClNS/c10-5-2-1-3-6-8(5)9(11)7(4-12)13-6/h1-3H. The summed E-state index contributed by atoms with van der Waals surface area (Å²) in [4.78, 5) is 0.573. The summed E-state index contributed by atoms with van der Waals surface area (Å²) in [7, 11) is 0. The lowest BCUT2D eigenvalue weighted by atomic mass is 10.2. The molecule has 2 aromatic rings. The lowest BCUT2D eigenvalue weighted by Crippen LogP contribution is -1.67. The molecule has 13 heavy (non-hydrogen) atoms. The zero-order chi connectivity index (χ0) is 9.42. The fraction of sp³-hybridized carbons (Fsp3) is 0. The molecule has 0 spiro atoms. The van der Waals surface area contributed by atoms with E-state index in [4.69, 9.17) is 16.9 Å². The quantitative estimate of drug-likeness (QED) is 0.705. The molecule has 0 radical (unpaired) electrons. The molecule has 0 aliphatic heterocycles. The molecule has 1 aromatic carbocycles. The van der Waals surface area contributed by atoms with Crippen molar-refractivity contribution in [3.05, 3.63) is 32.6 Å². The molecule has 0 aliphatic carbocycles. The highest BCUT2D eigenvalue weighted by molar-refractivity contribution is 9.10. The number of fused-ring (bicyclic) bond motifs is 1. The van der Waals surface area contributed by atoms with Gasteiger partial charge in [-0.15, -0.1) is 11.3 Å². The van der Waals surface area contributed by atoms with Gasteiger partial charge in [0, 0.05) is 14.6 Å².